The molecule has 1 aromatic carbocycles. The second-order valence-corrected chi connectivity index (χ2v) is 3.53. The average Bonchev–Trinajstić information content (AvgIpc) is 2.44. The third-order valence-electron chi connectivity index (χ3n) is 2.13. The van der Waals surface area contributed by atoms with Gasteiger partial charge in [-0.05, 0) is 17.7 Å². The number of benzene rings is 1. The zero-order chi connectivity index (χ0) is 15.7. The van der Waals surface area contributed by atoms with Gasteiger partial charge in [-0.2, -0.15) is 10.4 Å². The molecule has 0 atom stereocenters. The first-order chi connectivity index (χ1) is 10.1. The molecule has 0 bridgehead atoms. The molecule has 0 amide bonds. The maximum Gasteiger partial charge on any atom is 0.310 e. The van der Waals surface area contributed by atoms with Gasteiger partial charge in [-0.3, -0.25) is 0 Å². The van der Waals surface area contributed by atoms with E-state index in [1.807, 2.05) is 6.07 Å². The number of hydrogen-bond donors (Lipinski definition) is 1. The standard InChI is InChI=1S/C11H12N6O4/c1-20-10-6-8(2-3-9(10)21-5-4-12)7-14-15-11(13)16-17(18)19/h2-3,6H,5,7H2,1H3,(H2,13,16). The molecule has 1 rings (SSSR count). The van der Waals surface area contributed by atoms with Crippen molar-refractivity contribution in [2.45, 2.75) is 6.54 Å². The number of azo groups is 1. The van der Waals surface area contributed by atoms with Crippen LogP contribution in [0.3, 0.4) is 0 Å². The molecule has 0 aromatic heterocycles. The van der Waals surface area contributed by atoms with Crippen LogP contribution in [0.4, 0.5) is 0 Å². The molecule has 0 radical (unpaired) electrons. The Balaban J connectivity index is 2.75. The summed E-state index contributed by atoms with van der Waals surface area (Å²) in [7, 11) is 1.46. The first-order valence-electron chi connectivity index (χ1n) is 5.59. The molecule has 0 heterocycles. The van der Waals surface area contributed by atoms with E-state index in [-0.39, 0.29) is 13.2 Å². The summed E-state index contributed by atoms with van der Waals surface area (Å²) in [6.07, 6.45) is 0. The molecular formula is C11H12N6O4. The summed E-state index contributed by atoms with van der Waals surface area (Å²) in [5.74, 6) is 0.319. The Morgan fingerprint density at radius 3 is 2.90 bits per heavy atom. The van der Waals surface area contributed by atoms with E-state index in [4.69, 9.17) is 20.5 Å². The SMILES string of the molecule is COc1cc(CN=NC(N)=N[N+](=O)[O-])ccc1OCC#N. The minimum Gasteiger partial charge on any atom is -0.493 e. The fourth-order valence-corrected chi connectivity index (χ4v) is 1.33. The van der Waals surface area contributed by atoms with Crippen molar-refractivity contribution in [2.24, 2.45) is 21.1 Å². The van der Waals surface area contributed by atoms with Crippen LogP contribution in [0.1, 0.15) is 5.56 Å². The lowest BCUT2D eigenvalue weighted by atomic mass is 10.2. The minimum atomic E-state index is -0.960. The van der Waals surface area contributed by atoms with Gasteiger partial charge < -0.3 is 15.2 Å². The van der Waals surface area contributed by atoms with E-state index in [0.717, 1.165) is 0 Å². The molecule has 0 saturated heterocycles. The molecule has 0 unspecified atom stereocenters. The Morgan fingerprint density at radius 2 is 2.29 bits per heavy atom. The van der Waals surface area contributed by atoms with E-state index < -0.39 is 11.0 Å². The largest absolute Gasteiger partial charge is 0.493 e. The van der Waals surface area contributed by atoms with Gasteiger partial charge in [0.15, 0.2) is 23.1 Å². The number of hydrazone groups is 1. The zero-order valence-corrected chi connectivity index (χ0v) is 11.1. The highest BCUT2D eigenvalue weighted by Gasteiger charge is 2.05. The van der Waals surface area contributed by atoms with Crippen molar-refractivity contribution in [3.05, 3.63) is 33.9 Å². The molecular weight excluding hydrogens is 280 g/mol. The van der Waals surface area contributed by atoms with Crippen molar-refractivity contribution in [2.75, 3.05) is 13.7 Å². The molecule has 2 N–H and O–H groups in total. The van der Waals surface area contributed by atoms with Gasteiger partial charge in [0.1, 0.15) is 11.2 Å². The molecule has 10 heteroatoms. The highest BCUT2D eigenvalue weighted by molar-refractivity contribution is 5.77. The van der Waals surface area contributed by atoms with Crippen LogP contribution in [-0.2, 0) is 6.54 Å². The Bertz CT molecular complexity index is 607. The summed E-state index contributed by atoms with van der Waals surface area (Å²) in [6.45, 7) is 0.0339. The Hall–Kier alpha value is -3.22. The number of nitrogens with two attached hydrogens (primary N) is 1. The molecule has 1 aromatic rings. The van der Waals surface area contributed by atoms with Crippen molar-refractivity contribution in [1.82, 2.24) is 0 Å². The predicted octanol–water partition coefficient (Wildman–Crippen LogP) is 1.06. The number of rotatable bonds is 6. The Morgan fingerprint density at radius 1 is 1.52 bits per heavy atom. The van der Waals surface area contributed by atoms with E-state index in [0.29, 0.717) is 17.1 Å². The maximum absolute atomic E-state index is 10.0. The summed E-state index contributed by atoms with van der Waals surface area (Å²) in [5, 5.41) is 27.4. The van der Waals surface area contributed by atoms with Gasteiger partial charge in [-0.15, -0.1) is 5.11 Å². The number of nitriles is 1. The molecule has 21 heavy (non-hydrogen) atoms. The second kappa shape index (κ2) is 8.05. The normalized spacial score (nSPS) is 11.1. The number of hydrogen-bond acceptors (Lipinski definition) is 6. The van der Waals surface area contributed by atoms with Gasteiger partial charge >= 0.3 is 5.96 Å². The van der Waals surface area contributed by atoms with Gasteiger partial charge in [0.2, 0.25) is 0 Å². The monoisotopic (exact) mass is 292 g/mol. The van der Waals surface area contributed by atoms with Crippen LogP contribution in [0.25, 0.3) is 0 Å². The van der Waals surface area contributed by atoms with Gasteiger partial charge in [-0.25, -0.2) is 10.1 Å². The smallest absolute Gasteiger partial charge is 0.310 e. The highest BCUT2D eigenvalue weighted by atomic mass is 16.7. The predicted molar refractivity (Wildman–Crippen MR) is 71.3 cm³/mol. The lowest BCUT2D eigenvalue weighted by Crippen LogP contribution is -2.09. The number of nitrogens with zero attached hydrogens (tertiary/aromatic N) is 5. The van der Waals surface area contributed by atoms with Crippen LogP contribution in [-0.4, -0.2) is 24.7 Å². The molecule has 0 spiro atoms. The fraction of sp³-hybridized carbons (Fsp3) is 0.273. The average molecular weight is 292 g/mol. The van der Waals surface area contributed by atoms with Crippen LogP contribution < -0.4 is 15.2 Å². The third-order valence-corrected chi connectivity index (χ3v) is 2.13. The molecule has 110 valence electrons. The topological polar surface area (TPSA) is 148 Å². The van der Waals surface area contributed by atoms with E-state index in [1.54, 1.807) is 18.2 Å². The van der Waals surface area contributed by atoms with Crippen molar-refractivity contribution in [3.8, 4) is 17.6 Å². The van der Waals surface area contributed by atoms with Crippen LogP contribution in [0, 0.1) is 21.4 Å². The summed E-state index contributed by atoms with van der Waals surface area (Å²) in [5.41, 5.74) is 5.86. The third kappa shape index (κ3) is 5.52. The Kier molecular flexibility index (Phi) is 6.07. The molecule has 0 aliphatic heterocycles. The first kappa shape index (κ1) is 15.8. The van der Waals surface area contributed by atoms with E-state index in [1.165, 1.54) is 7.11 Å². The molecule has 0 aliphatic rings. The molecule has 0 fully saturated rings. The lowest BCUT2D eigenvalue weighted by Gasteiger charge is -2.09. The van der Waals surface area contributed by atoms with E-state index in [2.05, 4.69) is 15.3 Å². The van der Waals surface area contributed by atoms with Gasteiger partial charge in [-0.1, -0.05) is 6.07 Å². The minimum absolute atomic E-state index is 0.0939. The van der Waals surface area contributed by atoms with E-state index in [9.17, 15) is 10.1 Å². The second-order valence-electron chi connectivity index (χ2n) is 3.53. The van der Waals surface area contributed by atoms with Crippen molar-refractivity contribution in [1.29, 1.82) is 5.26 Å². The summed E-state index contributed by atoms with van der Waals surface area (Å²) in [6, 6.07) is 6.81. The number of ether oxygens (including phenoxy) is 2. The summed E-state index contributed by atoms with van der Waals surface area (Å²) >= 11 is 0. The highest BCUT2D eigenvalue weighted by Crippen LogP contribution is 2.28. The van der Waals surface area contributed by atoms with Gasteiger partial charge in [0, 0.05) is 0 Å². The van der Waals surface area contributed by atoms with Crippen molar-refractivity contribution in [3.63, 3.8) is 0 Å². The Labute approximate surface area is 119 Å². The quantitative estimate of drug-likeness (QED) is 0.272. The molecule has 0 aliphatic carbocycles. The van der Waals surface area contributed by atoms with Crippen molar-refractivity contribution >= 4 is 5.96 Å². The number of methoxy groups -OCH3 is 1. The maximum atomic E-state index is 10.0. The fourth-order valence-electron chi connectivity index (χ4n) is 1.33. The number of guanidine groups is 1. The van der Waals surface area contributed by atoms with Gasteiger partial charge in [0.05, 0.1) is 13.7 Å². The zero-order valence-electron chi connectivity index (χ0n) is 11.1. The van der Waals surface area contributed by atoms with Crippen LogP contribution >= 0.6 is 0 Å². The summed E-state index contributed by atoms with van der Waals surface area (Å²) < 4.78 is 10.3. The van der Waals surface area contributed by atoms with Crippen LogP contribution in [0.15, 0.2) is 33.5 Å². The van der Waals surface area contributed by atoms with Crippen LogP contribution in [0.2, 0.25) is 0 Å². The van der Waals surface area contributed by atoms with Crippen molar-refractivity contribution < 1.29 is 14.5 Å². The molecule has 0 saturated carbocycles. The summed E-state index contributed by atoms with van der Waals surface area (Å²) in [4.78, 5) is 10.0. The molecule has 10 nitrogen and oxygen atoms in total. The first-order valence-corrected chi connectivity index (χ1v) is 5.59. The lowest BCUT2D eigenvalue weighted by molar-refractivity contribution is -0.485. The number of nitro groups is 1. The van der Waals surface area contributed by atoms with Gasteiger partial charge in [0.25, 0.3) is 0 Å². The van der Waals surface area contributed by atoms with Crippen LogP contribution in [0.5, 0.6) is 11.5 Å². The van der Waals surface area contributed by atoms with E-state index >= 15 is 0 Å².